The second-order valence-electron chi connectivity index (χ2n) is 12.0. The van der Waals surface area contributed by atoms with E-state index in [-0.39, 0.29) is 29.3 Å². The normalized spacial score (nSPS) is 23.1. The third-order valence-electron chi connectivity index (χ3n) is 8.42. The van der Waals surface area contributed by atoms with E-state index in [0.717, 1.165) is 38.7 Å². The van der Waals surface area contributed by atoms with E-state index in [9.17, 15) is 27.6 Å². The number of piperidine rings is 1. The smallest absolute Gasteiger partial charge is 0.378 e. The molecule has 2 aromatic rings. The largest absolute Gasteiger partial charge is 0.449 e. The molecule has 2 fully saturated rings. The maximum Gasteiger partial charge on any atom is 0.449 e. The van der Waals surface area contributed by atoms with E-state index in [4.69, 9.17) is 4.74 Å². The Hall–Kier alpha value is -3.19. The Kier molecular flexibility index (Phi) is 10.5. The van der Waals surface area contributed by atoms with Gasteiger partial charge in [0, 0.05) is 25.0 Å². The number of rotatable bonds is 9. The molecule has 1 saturated carbocycles. The average Bonchev–Trinajstić information content (AvgIpc) is 2.92. The van der Waals surface area contributed by atoms with Gasteiger partial charge in [-0.05, 0) is 62.0 Å². The Morgan fingerprint density at radius 1 is 1.10 bits per heavy atom. The molecule has 0 spiro atoms. The lowest BCUT2D eigenvalue weighted by molar-refractivity contribution is -0.150. The van der Waals surface area contributed by atoms with Gasteiger partial charge < -0.3 is 4.74 Å². The number of hydrogen-bond acceptors (Lipinski definition) is 5. The van der Waals surface area contributed by atoms with Crippen molar-refractivity contribution < 1.29 is 27.5 Å². The molecule has 2 heterocycles. The number of nitrogens with one attached hydrogen (secondary N) is 1. The van der Waals surface area contributed by atoms with Gasteiger partial charge in [-0.15, -0.1) is 0 Å². The van der Waals surface area contributed by atoms with Gasteiger partial charge in [-0.3, -0.25) is 24.3 Å². The second kappa shape index (κ2) is 13.9. The number of carbonyl (C=O) groups excluding carboxylic acids is 2. The summed E-state index contributed by atoms with van der Waals surface area (Å²) in [4.78, 5) is 41.1. The molecule has 10 heteroatoms. The fourth-order valence-electron chi connectivity index (χ4n) is 6.13. The zero-order chi connectivity index (χ0) is 30.4. The van der Waals surface area contributed by atoms with Gasteiger partial charge in [0.25, 0.3) is 5.56 Å². The summed E-state index contributed by atoms with van der Waals surface area (Å²) in [6.45, 7) is 7.62. The van der Waals surface area contributed by atoms with E-state index in [1.165, 1.54) is 25.0 Å². The van der Waals surface area contributed by atoms with Crippen LogP contribution in [-0.2, 0) is 20.5 Å². The number of benzene rings is 1. The maximum atomic E-state index is 13.9. The molecule has 1 aromatic carbocycles. The molecular weight excluding hydrogens is 547 g/mol. The van der Waals surface area contributed by atoms with Crippen LogP contribution in [0.2, 0.25) is 0 Å². The molecule has 228 valence electrons. The van der Waals surface area contributed by atoms with Crippen LogP contribution >= 0.6 is 0 Å². The number of carbonyl (C=O) groups is 2. The average molecular weight is 588 g/mol. The summed E-state index contributed by atoms with van der Waals surface area (Å²) in [6.07, 6.45) is 3.03. The van der Waals surface area contributed by atoms with Crippen LogP contribution in [0.4, 0.5) is 13.2 Å². The summed E-state index contributed by atoms with van der Waals surface area (Å²) in [7, 11) is 0. The first kappa shape index (κ1) is 31.7. The first-order chi connectivity index (χ1) is 20.0. The molecule has 2 amide bonds. The van der Waals surface area contributed by atoms with Gasteiger partial charge in [0.1, 0.15) is 6.04 Å². The van der Waals surface area contributed by atoms with Crippen LogP contribution < -0.4 is 10.9 Å². The van der Waals surface area contributed by atoms with Crippen molar-refractivity contribution in [1.29, 1.82) is 0 Å². The quantitative estimate of drug-likeness (QED) is 0.215. The number of imide groups is 1. The van der Waals surface area contributed by atoms with Gasteiger partial charge in [0.2, 0.25) is 17.6 Å². The number of halogens is 3. The minimum absolute atomic E-state index is 0.0726. The van der Waals surface area contributed by atoms with Gasteiger partial charge in [0.15, 0.2) is 0 Å². The van der Waals surface area contributed by atoms with Crippen molar-refractivity contribution in [1.82, 2.24) is 14.9 Å². The summed E-state index contributed by atoms with van der Waals surface area (Å²) in [6, 6.07) is 2.90. The Bertz CT molecular complexity index is 1410. The Labute approximate surface area is 244 Å². The molecule has 0 radical (unpaired) electrons. The van der Waals surface area contributed by atoms with Crippen molar-refractivity contribution in [2.45, 2.75) is 103 Å². The van der Waals surface area contributed by atoms with Crippen LogP contribution in [0.1, 0.15) is 102 Å². The highest BCUT2D eigenvalue weighted by molar-refractivity contribution is 5.99. The number of fused-ring (bicyclic) bond motifs is 1. The predicted octanol–water partition coefficient (Wildman–Crippen LogP) is 6.17. The molecule has 0 bridgehead atoms. The Balaban J connectivity index is 1.39. The van der Waals surface area contributed by atoms with Crippen LogP contribution in [0.25, 0.3) is 10.9 Å². The predicted molar refractivity (Wildman–Crippen MR) is 153 cm³/mol. The summed E-state index contributed by atoms with van der Waals surface area (Å²) >= 11 is 0. The summed E-state index contributed by atoms with van der Waals surface area (Å²) < 4.78 is 48.4. The summed E-state index contributed by atoms with van der Waals surface area (Å²) in [5.74, 6) is 4.94. The van der Waals surface area contributed by atoms with E-state index in [0.29, 0.717) is 34.8 Å². The molecule has 1 saturated heterocycles. The molecule has 4 atom stereocenters. The number of amides is 2. The summed E-state index contributed by atoms with van der Waals surface area (Å²) in [5.41, 5.74) is -0.886. The highest BCUT2D eigenvalue weighted by Gasteiger charge is 2.42. The minimum Gasteiger partial charge on any atom is -0.378 e. The van der Waals surface area contributed by atoms with Gasteiger partial charge in [-0.1, -0.05) is 57.9 Å². The fraction of sp³-hybridized carbons (Fsp3) is 0.625. The topological polar surface area (TPSA) is 90.3 Å². The van der Waals surface area contributed by atoms with Crippen LogP contribution in [0.3, 0.4) is 0 Å². The van der Waals surface area contributed by atoms with Crippen molar-refractivity contribution in [3.63, 3.8) is 0 Å². The first-order valence-corrected chi connectivity index (χ1v) is 15.0. The molecule has 3 unspecified atom stereocenters. The van der Waals surface area contributed by atoms with Gasteiger partial charge in [-0.2, -0.15) is 13.2 Å². The van der Waals surface area contributed by atoms with Crippen LogP contribution in [-0.4, -0.2) is 34.1 Å². The third kappa shape index (κ3) is 7.60. The molecule has 7 nitrogen and oxygen atoms in total. The molecule has 1 aromatic heterocycles. The number of hydrogen-bond donors (Lipinski definition) is 1. The van der Waals surface area contributed by atoms with Crippen LogP contribution in [0.5, 0.6) is 0 Å². The lowest BCUT2D eigenvalue weighted by Gasteiger charge is -2.37. The molecule has 2 aliphatic rings. The molecule has 1 aliphatic carbocycles. The molecular formula is C32H40F3N3O4. The molecule has 1 N–H and O–H groups in total. The van der Waals surface area contributed by atoms with Crippen LogP contribution in [0.15, 0.2) is 23.0 Å². The van der Waals surface area contributed by atoms with E-state index in [1.54, 1.807) is 6.07 Å². The Morgan fingerprint density at radius 2 is 1.86 bits per heavy atom. The highest BCUT2D eigenvalue weighted by atomic mass is 19.4. The summed E-state index contributed by atoms with van der Waals surface area (Å²) in [5, 5.41) is 1.95. The molecule has 4 rings (SSSR count). The number of alkyl halides is 3. The standard InChI is InChI=1S/C32H40F3N3O4/c1-20(2)23-15-14-21(3)19-26(23)42-18-9-7-5-4-6-8-11-22-12-10-13-24-28(22)30(41)38(31(36-24)32(33,34)35)25-16-17-27(39)37-29(25)40/h10,12-13,20-21,23,25-26H,4-7,9,14-19H2,1-3H3,(H,37,39,40)/t21?,23?,25-,26?/m0/s1. The van der Waals surface area contributed by atoms with Gasteiger partial charge in [-0.25, -0.2) is 4.98 Å². The van der Waals surface area contributed by atoms with Crippen molar-refractivity contribution >= 4 is 22.7 Å². The molecule has 42 heavy (non-hydrogen) atoms. The van der Waals surface area contributed by atoms with Crippen molar-refractivity contribution in [3.05, 3.63) is 39.9 Å². The third-order valence-corrected chi connectivity index (χ3v) is 8.42. The van der Waals surface area contributed by atoms with Crippen molar-refractivity contribution in [2.75, 3.05) is 6.61 Å². The number of ether oxygens (including phenoxy) is 1. The first-order valence-electron chi connectivity index (χ1n) is 15.0. The highest BCUT2D eigenvalue weighted by Crippen LogP contribution is 2.35. The van der Waals surface area contributed by atoms with Crippen molar-refractivity contribution in [3.8, 4) is 11.8 Å². The number of aromatic nitrogens is 2. The van der Waals surface area contributed by atoms with Gasteiger partial charge in [0.05, 0.1) is 17.0 Å². The van der Waals surface area contributed by atoms with E-state index in [1.807, 2.05) is 5.32 Å². The lowest BCUT2D eigenvalue weighted by atomic mass is 9.75. The maximum absolute atomic E-state index is 13.9. The number of nitrogens with zero attached hydrogens (tertiary/aromatic N) is 2. The van der Waals surface area contributed by atoms with Gasteiger partial charge >= 0.3 is 6.18 Å². The van der Waals surface area contributed by atoms with E-state index in [2.05, 4.69) is 37.6 Å². The monoisotopic (exact) mass is 587 g/mol. The zero-order valence-corrected chi connectivity index (χ0v) is 24.6. The second-order valence-corrected chi connectivity index (χ2v) is 12.0. The SMILES string of the molecule is CC1CCC(C(C)C)C(OCCCCCCC#Cc2cccc3nc(C(F)(F)F)n([C@H]4CCC(=O)NC4=O)c(=O)c23)C1. The number of unbranched alkanes of at least 4 members (excludes halogenated alkanes) is 4. The minimum atomic E-state index is -4.98. The van der Waals surface area contributed by atoms with E-state index < -0.39 is 35.4 Å². The Morgan fingerprint density at radius 3 is 2.57 bits per heavy atom. The van der Waals surface area contributed by atoms with E-state index >= 15 is 0 Å². The van der Waals surface area contributed by atoms with Crippen LogP contribution in [0, 0.1) is 29.6 Å². The zero-order valence-electron chi connectivity index (χ0n) is 24.6. The van der Waals surface area contributed by atoms with Crippen molar-refractivity contribution in [2.24, 2.45) is 17.8 Å². The molecule has 1 aliphatic heterocycles. The lowest BCUT2D eigenvalue weighted by Crippen LogP contribution is -2.46. The fourth-order valence-corrected chi connectivity index (χ4v) is 6.13.